The molecule has 0 fully saturated rings. The molecule has 0 bridgehead atoms. The van der Waals surface area contributed by atoms with Crippen LogP contribution < -0.4 is 10.5 Å². The third-order valence-electron chi connectivity index (χ3n) is 3.88. The summed E-state index contributed by atoms with van der Waals surface area (Å²) in [5.41, 5.74) is 2.71. The largest absolute Gasteiger partial charge is 0.372 e. The average molecular weight is 293 g/mol. The number of H-pyrrole nitrogens is 1. The van der Waals surface area contributed by atoms with Crippen molar-refractivity contribution in [3.8, 4) is 11.4 Å². The molecule has 0 aliphatic rings. The summed E-state index contributed by atoms with van der Waals surface area (Å²) in [6.07, 6.45) is 0. The van der Waals surface area contributed by atoms with Crippen LogP contribution in [-0.4, -0.2) is 23.1 Å². The van der Waals surface area contributed by atoms with Gasteiger partial charge in [0.2, 0.25) is 0 Å². The van der Waals surface area contributed by atoms with E-state index >= 15 is 0 Å². The van der Waals surface area contributed by atoms with Gasteiger partial charge in [-0.2, -0.15) is 0 Å². The molecule has 1 N–H and O–H groups in total. The van der Waals surface area contributed by atoms with Gasteiger partial charge in [0, 0.05) is 24.3 Å². The Balaban J connectivity index is 2.02. The van der Waals surface area contributed by atoms with Gasteiger partial charge in [-0.25, -0.2) is 4.98 Å². The Morgan fingerprint density at radius 1 is 1.00 bits per heavy atom. The first-order valence-corrected chi connectivity index (χ1v) is 7.57. The maximum atomic E-state index is 12.1. The zero-order valence-electron chi connectivity index (χ0n) is 12.8. The highest BCUT2D eigenvalue weighted by molar-refractivity contribution is 5.79. The molecule has 1 heterocycles. The molecule has 0 unspecified atom stereocenters. The van der Waals surface area contributed by atoms with Crippen molar-refractivity contribution in [3.63, 3.8) is 0 Å². The van der Waals surface area contributed by atoms with E-state index in [4.69, 9.17) is 0 Å². The molecule has 0 amide bonds. The molecule has 22 heavy (non-hydrogen) atoms. The summed E-state index contributed by atoms with van der Waals surface area (Å²) in [7, 11) is 0. The highest BCUT2D eigenvalue weighted by Crippen LogP contribution is 2.21. The average Bonchev–Trinajstić information content (AvgIpc) is 2.56. The van der Waals surface area contributed by atoms with Gasteiger partial charge in [-0.1, -0.05) is 12.1 Å². The second-order valence-corrected chi connectivity index (χ2v) is 5.15. The number of benzene rings is 2. The molecule has 0 atom stereocenters. The third kappa shape index (κ3) is 2.60. The van der Waals surface area contributed by atoms with Gasteiger partial charge in [-0.15, -0.1) is 0 Å². The van der Waals surface area contributed by atoms with Crippen molar-refractivity contribution in [3.05, 3.63) is 58.9 Å². The predicted molar refractivity (Wildman–Crippen MR) is 91.4 cm³/mol. The minimum atomic E-state index is -0.103. The summed E-state index contributed by atoms with van der Waals surface area (Å²) in [5, 5.41) is 0.617. The van der Waals surface area contributed by atoms with Crippen LogP contribution in [0.25, 0.3) is 22.3 Å². The predicted octanol–water partition coefficient (Wildman–Crippen LogP) is 3.44. The Labute approximate surface area is 129 Å². The van der Waals surface area contributed by atoms with Crippen LogP contribution in [0.2, 0.25) is 0 Å². The molecular formula is C18H19N3O. The zero-order valence-corrected chi connectivity index (χ0v) is 12.8. The Morgan fingerprint density at radius 3 is 2.36 bits per heavy atom. The highest BCUT2D eigenvalue weighted by Gasteiger charge is 2.07. The molecular weight excluding hydrogens is 274 g/mol. The number of hydrogen-bond acceptors (Lipinski definition) is 3. The van der Waals surface area contributed by atoms with E-state index < -0.39 is 0 Å². The van der Waals surface area contributed by atoms with Crippen LogP contribution in [0.3, 0.4) is 0 Å². The summed E-state index contributed by atoms with van der Waals surface area (Å²) >= 11 is 0. The number of para-hydroxylation sites is 1. The van der Waals surface area contributed by atoms with Crippen LogP contribution >= 0.6 is 0 Å². The van der Waals surface area contributed by atoms with Gasteiger partial charge >= 0.3 is 0 Å². The molecule has 0 saturated heterocycles. The van der Waals surface area contributed by atoms with Crippen molar-refractivity contribution in [2.24, 2.45) is 0 Å². The van der Waals surface area contributed by atoms with E-state index in [2.05, 4.69) is 40.8 Å². The molecule has 3 aromatic rings. The maximum Gasteiger partial charge on any atom is 0.259 e. The topological polar surface area (TPSA) is 49.0 Å². The molecule has 4 heteroatoms. The van der Waals surface area contributed by atoms with Crippen LogP contribution in [-0.2, 0) is 0 Å². The van der Waals surface area contributed by atoms with E-state index in [9.17, 15) is 4.79 Å². The number of nitrogens with zero attached hydrogens (tertiary/aromatic N) is 2. The fourth-order valence-electron chi connectivity index (χ4n) is 2.64. The molecule has 0 saturated carbocycles. The standard InChI is InChI=1S/C18H19N3O/c1-3-21(4-2)14-11-9-13(10-12-14)17-19-16-8-6-5-7-15(16)18(22)20-17/h5-12H,3-4H2,1-2H3,(H,19,20,22). The molecule has 112 valence electrons. The number of anilines is 1. The number of fused-ring (bicyclic) bond motifs is 1. The molecule has 4 nitrogen and oxygen atoms in total. The number of rotatable bonds is 4. The van der Waals surface area contributed by atoms with Crippen molar-refractivity contribution in [1.82, 2.24) is 9.97 Å². The fourth-order valence-corrected chi connectivity index (χ4v) is 2.64. The van der Waals surface area contributed by atoms with Gasteiger partial charge in [0.15, 0.2) is 0 Å². The first-order chi connectivity index (χ1) is 10.7. The van der Waals surface area contributed by atoms with Crippen LogP contribution in [0.5, 0.6) is 0 Å². The first kappa shape index (κ1) is 14.3. The number of aromatic amines is 1. The normalized spacial score (nSPS) is 10.8. The Kier molecular flexibility index (Phi) is 3.92. The lowest BCUT2D eigenvalue weighted by Crippen LogP contribution is -2.21. The summed E-state index contributed by atoms with van der Waals surface area (Å²) in [4.78, 5) is 21.8. The van der Waals surface area contributed by atoms with Gasteiger partial charge in [0.1, 0.15) is 5.82 Å². The second-order valence-electron chi connectivity index (χ2n) is 5.15. The van der Waals surface area contributed by atoms with Crippen LogP contribution in [0, 0.1) is 0 Å². The van der Waals surface area contributed by atoms with E-state index in [0.717, 1.165) is 18.7 Å². The molecule has 0 aliphatic carbocycles. The van der Waals surface area contributed by atoms with Gasteiger partial charge in [0.05, 0.1) is 10.9 Å². The van der Waals surface area contributed by atoms with E-state index in [-0.39, 0.29) is 5.56 Å². The summed E-state index contributed by atoms with van der Waals surface area (Å²) in [5.74, 6) is 0.606. The van der Waals surface area contributed by atoms with Crippen molar-refractivity contribution in [1.29, 1.82) is 0 Å². The van der Waals surface area contributed by atoms with Gasteiger partial charge < -0.3 is 9.88 Å². The molecule has 0 aliphatic heterocycles. The lowest BCUT2D eigenvalue weighted by molar-refractivity contribution is 0.866. The summed E-state index contributed by atoms with van der Waals surface area (Å²) < 4.78 is 0. The van der Waals surface area contributed by atoms with Crippen molar-refractivity contribution in [2.75, 3.05) is 18.0 Å². The first-order valence-electron chi connectivity index (χ1n) is 7.57. The van der Waals surface area contributed by atoms with Gasteiger partial charge in [-0.3, -0.25) is 4.79 Å². The van der Waals surface area contributed by atoms with Crippen molar-refractivity contribution < 1.29 is 0 Å². The Morgan fingerprint density at radius 2 is 1.68 bits per heavy atom. The zero-order chi connectivity index (χ0) is 15.5. The number of hydrogen-bond donors (Lipinski definition) is 1. The van der Waals surface area contributed by atoms with Crippen LogP contribution in [0.4, 0.5) is 5.69 Å². The lowest BCUT2D eigenvalue weighted by Gasteiger charge is -2.21. The SMILES string of the molecule is CCN(CC)c1ccc(-c2nc3ccccc3c(=O)[nH]2)cc1. The van der Waals surface area contributed by atoms with E-state index in [0.29, 0.717) is 16.7 Å². The van der Waals surface area contributed by atoms with Crippen molar-refractivity contribution in [2.45, 2.75) is 13.8 Å². The van der Waals surface area contributed by atoms with Crippen LogP contribution in [0.15, 0.2) is 53.3 Å². The molecule has 0 radical (unpaired) electrons. The third-order valence-corrected chi connectivity index (χ3v) is 3.88. The van der Waals surface area contributed by atoms with Gasteiger partial charge in [-0.05, 0) is 50.2 Å². The lowest BCUT2D eigenvalue weighted by atomic mass is 10.1. The highest BCUT2D eigenvalue weighted by atomic mass is 16.1. The molecule has 0 spiro atoms. The van der Waals surface area contributed by atoms with E-state index in [1.165, 1.54) is 5.69 Å². The van der Waals surface area contributed by atoms with Crippen LogP contribution in [0.1, 0.15) is 13.8 Å². The monoisotopic (exact) mass is 293 g/mol. The van der Waals surface area contributed by atoms with Gasteiger partial charge in [0.25, 0.3) is 5.56 Å². The summed E-state index contributed by atoms with van der Waals surface area (Å²) in [6.45, 7) is 6.22. The fraction of sp³-hybridized carbons (Fsp3) is 0.222. The maximum absolute atomic E-state index is 12.1. The van der Waals surface area contributed by atoms with E-state index in [1.807, 2.05) is 30.3 Å². The smallest absolute Gasteiger partial charge is 0.259 e. The molecule has 2 aromatic carbocycles. The van der Waals surface area contributed by atoms with Crippen molar-refractivity contribution >= 4 is 16.6 Å². The molecule has 1 aromatic heterocycles. The Bertz CT molecular complexity index is 833. The second kappa shape index (κ2) is 6.02. The minimum Gasteiger partial charge on any atom is -0.372 e. The Hall–Kier alpha value is -2.62. The van der Waals surface area contributed by atoms with E-state index in [1.54, 1.807) is 6.07 Å². The quantitative estimate of drug-likeness (QED) is 0.801. The number of aromatic nitrogens is 2. The molecule has 3 rings (SSSR count). The summed E-state index contributed by atoms with van der Waals surface area (Å²) in [6, 6.07) is 15.5. The number of nitrogens with one attached hydrogen (secondary N) is 1. The minimum absolute atomic E-state index is 0.103.